The van der Waals surface area contributed by atoms with Crippen molar-refractivity contribution in [3.05, 3.63) is 29.8 Å². The van der Waals surface area contributed by atoms with Gasteiger partial charge in [-0.1, -0.05) is 12.1 Å². The van der Waals surface area contributed by atoms with Gasteiger partial charge in [0.15, 0.2) is 0 Å². The van der Waals surface area contributed by atoms with Gasteiger partial charge in [0.2, 0.25) is 0 Å². The number of ether oxygens (including phenoxy) is 1. The third-order valence-corrected chi connectivity index (χ3v) is 4.07. The van der Waals surface area contributed by atoms with Crippen LogP contribution in [0.25, 0.3) is 0 Å². The molecule has 1 fully saturated rings. The van der Waals surface area contributed by atoms with Crippen molar-refractivity contribution >= 4 is 6.09 Å². The van der Waals surface area contributed by atoms with E-state index >= 15 is 0 Å². The van der Waals surface area contributed by atoms with Crippen molar-refractivity contribution in [3.63, 3.8) is 0 Å². The second-order valence-electron chi connectivity index (χ2n) is 6.88. The Kier molecular flexibility index (Phi) is 4.66. The van der Waals surface area contributed by atoms with E-state index in [4.69, 9.17) is 10.5 Å². The van der Waals surface area contributed by atoms with E-state index in [0.717, 1.165) is 24.8 Å². The summed E-state index contributed by atoms with van der Waals surface area (Å²) in [5, 5.41) is 9.79. The minimum absolute atomic E-state index is 0.181. The Morgan fingerprint density at radius 3 is 2.73 bits per heavy atom. The van der Waals surface area contributed by atoms with Crippen LogP contribution in [-0.2, 0) is 10.3 Å². The molecule has 1 aliphatic heterocycles. The Morgan fingerprint density at radius 1 is 1.41 bits per heavy atom. The first-order valence-corrected chi connectivity index (χ1v) is 7.79. The molecule has 0 spiro atoms. The molecule has 1 aliphatic rings. The summed E-state index contributed by atoms with van der Waals surface area (Å²) < 4.78 is 5.55. The summed E-state index contributed by atoms with van der Waals surface area (Å²) in [6.45, 7) is 6.48. The van der Waals surface area contributed by atoms with Gasteiger partial charge in [0.05, 0.1) is 5.54 Å². The lowest BCUT2D eigenvalue weighted by Crippen LogP contribution is -2.57. The molecule has 122 valence electrons. The molecule has 1 heterocycles. The van der Waals surface area contributed by atoms with E-state index in [-0.39, 0.29) is 11.8 Å². The van der Waals surface area contributed by atoms with Crippen molar-refractivity contribution in [2.45, 2.75) is 51.2 Å². The van der Waals surface area contributed by atoms with Crippen LogP contribution in [-0.4, -0.2) is 34.8 Å². The predicted octanol–water partition coefficient (Wildman–Crippen LogP) is 2.97. The number of carbonyl (C=O) groups excluding carboxylic acids is 1. The zero-order chi connectivity index (χ0) is 16.4. The molecule has 1 unspecified atom stereocenters. The van der Waals surface area contributed by atoms with Gasteiger partial charge in [-0.3, -0.25) is 4.90 Å². The molecule has 5 heteroatoms. The lowest BCUT2D eigenvalue weighted by atomic mass is 9.80. The molecule has 0 bridgehead atoms. The number of benzene rings is 1. The first-order chi connectivity index (χ1) is 10.3. The van der Waals surface area contributed by atoms with Crippen molar-refractivity contribution in [2.24, 2.45) is 5.73 Å². The third-order valence-electron chi connectivity index (χ3n) is 4.07. The Labute approximate surface area is 132 Å². The zero-order valence-electron chi connectivity index (χ0n) is 13.6. The quantitative estimate of drug-likeness (QED) is 0.880. The highest BCUT2D eigenvalue weighted by Crippen LogP contribution is 2.38. The SMILES string of the molecule is CC(C)(C)OC(=O)N1CCCCC1(CN)c1cccc(O)c1. The summed E-state index contributed by atoms with van der Waals surface area (Å²) in [7, 11) is 0. The summed E-state index contributed by atoms with van der Waals surface area (Å²) in [6, 6.07) is 7.00. The minimum atomic E-state index is -0.612. The average molecular weight is 306 g/mol. The monoisotopic (exact) mass is 306 g/mol. The number of carbonyl (C=O) groups is 1. The molecule has 1 aromatic rings. The van der Waals surface area contributed by atoms with Gasteiger partial charge < -0.3 is 15.6 Å². The van der Waals surface area contributed by atoms with Gasteiger partial charge >= 0.3 is 6.09 Å². The molecule has 0 radical (unpaired) electrons. The summed E-state index contributed by atoms with van der Waals surface area (Å²) >= 11 is 0. The highest BCUT2D eigenvalue weighted by Gasteiger charge is 2.43. The molecule has 3 N–H and O–H groups in total. The Morgan fingerprint density at radius 2 is 2.14 bits per heavy atom. The third kappa shape index (κ3) is 3.35. The lowest BCUT2D eigenvalue weighted by Gasteiger charge is -2.47. The molecule has 1 atom stereocenters. The number of rotatable bonds is 2. The highest BCUT2D eigenvalue weighted by molar-refractivity contribution is 5.70. The van der Waals surface area contributed by atoms with Crippen molar-refractivity contribution in [2.75, 3.05) is 13.1 Å². The Bertz CT molecular complexity index is 539. The maximum atomic E-state index is 12.6. The van der Waals surface area contributed by atoms with Crippen LogP contribution in [0.4, 0.5) is 4.79 Å². The van der Waals surface area contributed by atoms with Crippen molar-refractivity contribution in [3.8, 4) is 5.75 Å². The van der Waals surface area contributed by atoms with Crippen LogP contribution < -0.4 is 5.73 Å². The van der Waals surface area contributed by atoms with Gasteiger partial charge in [-0.2, -0.15) is 0 Å². The van der Waals surface area contributed by atoms with E-state index in [1.807, 2.05) is 26.8 Å². The lowest BCUT2D eigenvalue weighted by molar-refractivity contribution is -0.0154. The van der Waals surface area contributed by atoms with E-state index in [0.29, 0.717) is 13.1 Å². The number of amides is 1. The fraction of sp³-hybridized carbons (Fsp3) is 0.588. The van der Waals surface area contributed by atoms with E-state index in [1.54, 1.807) is 23.1 Å². The molecule has 0 aromatic heterocycles. The number of piperidine rings is 1. The number of nitrogens with two attached hydrogens (primary N) is 1. The number of hydrogen-bond acceptors (Lipinski definition) is 4. The maximum absolute atomic E-state index is 12.6. The standard InChI is InChI=1S/C17H26N2O3/c1-16(2,3)22-15(21)19-10-5-4-9-17(19,12-18)13-7-6-8-14(20)11-13/h6-8,11,20H,4-5,9-10,12,18H2,1-3H3. The molecule has 2 rings (SSSR count). The van der Waals surface area contributed by atoms with Gasteiger partial charge in [0.1, 0.15) is 11.4 Å². The second kappa shape index (κ2) is 6.16. The number of hydrogen-bond donors (Lipinski definition) is 2. The number of aromatic hydroxyl groups is 1. The fourth-order valence-electron chi connectivity index (χ4n) is 3.05. The van der Waals surface area contributed by atoms with E-state index in [2.05, 4.69) is 0 Å². The molecule has 0 saturated carbocycles. The van der Waals surface area contributed by atoms with Crippen molar-refractivity contribution in [1.82, 2.24) is 4.90 Å². The second-order valence-corrected chi connectivity index (χ2v) is 6.88. The molecule has 1 saturated heterocycles. The van der Waals surface area contributed by atoms with Crippen LogP contribution in [0.1, 0.15) is 45.6 Å². The summed E-state index contributed by atoms with van der Waals surface area (Å²) in [5.74, 6) is 0.181. The van der Waals surface area contributed by atoms with E-state index in [9.17, 15) is 9.90 Å². The Hall–Kier alpha value is -1.75. The zero-order valence-corrected chi connectivity index (χ0v) is 13.6. The molecular formula is C17H26N2O3. The number of phenols is 1. The largest absolute Gasteiger partial charge is 0.508 e. The summed E-state index contributed by atoms with van der Waals surface area (Å²) in [5.41, 5.74) is 5.78. The van der Waals surface area contributed by atoms with Crippen LogP contribution >= 0.6 is 0 Å². The van der Waals surface area contributed by atoms with Gasteiger partial charge in [0, 0.05) is 13.1 Å². The first kappa shape index (κ1) is 16.6. The Balaban J connectivity index is 2.39. The minimum Gasteiger partial charge on any atom is -0.508 e. The predicted molar refractivity (Wildman–Crippen MR) is 85.6 cm³/mol. The maximum Gasteiger partial charge on any atom is 0.411 e. The van der Waals surface area contributed by atoms with Gasteiger partial charge in [0.25, 0.3) is 0 Å². The van der Waals surface area contributed by atoms with Crippen LogP contribution in [0.2, 0.25) is 0 Å². The van der Waals surface area contributed by atoms with Crippen LogP contribution in [0, 0.1) is 0 Å². The van der Waals surface area contributed by atoms with Gasteiger partial charge in [-0.15, -0.1) is 0 Å². The molecule has 22 heavy (non-hydrogen) atoms. The van der Waals surface area contributed by atoms with Crippen LogP contribution in [0.3, 0.4) is 0 Å². The van der Waals surface area contributed by atoms with Crippen molar-refractivity contribution in [1.29, 1.82) is 0 Å². The average Bonchev–Trinajstić information content (AvgIpc) is 2.45. The number of nitrogens with zero attached hydrogens (tertiary/aromatic N) is 1. The number of likely N-dealkylation sites (tertiary alicyclic amines) is 1. The van der Waals surface area contributed by atoms with Crippen LogP contribution in [0.5, 0.6) is 5.75 Å². The number of phenolic OH excluding ortho intramolecular Hbond substituents is 1. The smallest absolute Gasteiger partial charge is 0.411 e. The van der Waals surface area contributed by atoms with E-state index in [1.165, 1.54) is 0 Å². The molecule has 1 aromatic carbocycles. The normalized spacial score (nSPS) is 22.5. The molecule has 1 amide bonds. The van der Waals surface area contributed by atoms with E-state index < -0.39 is 11.1 Å². The van der Waals surface area contributed by atoms with Gasteiger partial charge in [-0.25, -0.2) is 4.79 Å². The molecular weight excluding hydrogens is 280 g/mol. The molecule has 0 aliphatic carbocycles. The highest BCUT2D eigenvalue weighted by atomic mass is 16.6. The van der Waals surface area contributed by atoms with Gasteiger partial charge in [-0.05, 0) is 57.7 Å². The first-order valence-electron chi connectivity index (χ1n) is 7.79. The fourth-order valence-corrected chi connectivity index (χ4v) is 3.05. The topological polar surface area (TPSA) is 75.8 Å². The van der Waals surface area contributed by atoms with Crippen LogP contribution in [0.15, 0.2) is 24.3 Å². The summed E-state index contributed by atoms with van der Waals surface area (Å²) in [6.07, 6.45) is 2.35. The van der Waals surface area contributed by atoms with Crippen molar-refractivity contribution < 1.29 is 14.6 Å². The summed E-state index contributed by atoms with van der Waals surface area (Å²) in [4.78, 5) is 14.4. The molecule has 5 nitrogen and oxygen atoms in total.